The first-order chi connectivity index (χ1) is 13.1. The van der Waals surface area contributed by atoms with Gasteiger partial charge in [-0.3, -0.25) is 10.1 Å². The number of halogens is 1. The number of rotatable bonds is 6. The Balaban J connectivity index is 1.43. The SMILES string of the molecule is O=C(Cc1csc(NC(=O)Nc2cccc(Cl)c2)n1)NCC1CCCCC1. The lowest BCUT2D eigenvalue weighted by Gasteiger charge is -2.21. The predicted molar refractivity (Wildman–Crippen MR) is 109 cm³/mol. The Labute approximate surface area is 167 Å². The first-order valence-corrected chi connectivity index (χ1v) is 10.4. The zero-order valence-corrected chi connectivity index (χ0v) is 16.5. The Morgan fingerprint density at radius 2 is 2.00 bits per heavy atom. The fourth-order valence-corrected chi connectivity index (χ4v) is 4.04. The molecular formula is C19H23ClN4O2S. The second-order valence-electron chi connectivity index (χ2n) is 6.72. The third kappa shape index (κ3) is 6.52. The van der Waals surface area contributed by atoms with Crippen LogP contribution in [0, 0.1) is 5.92 Å². The highest BCUT2D eigenvalue weighted by Crippen LogP contribution is 2.23. The average Bonchev–Trinajstić information content (AvgIpc) is 3.07. The summed E-state index contributed by atoms with van der Waals surface area (Å²) in [6.07, 6.45) is 6.46. The minimum atomic E-state index is -0.403. The molecule has 1 aliphatic carbocycles. The monoisotopic (exact) mass is 406 g/mol. The van der Waals surface area contributed by atoms with Gasteiger partial charge in [-0.25, -0.2) is 9.78 Å². The van der Waals surface area contributed by atoms with E-state index in [9.17, 15) is 9.59 Å². The number of carbonyl (C=O) groups excluding carboxylic acids is 2. The maximum absolute atomic E-state index is 12.1. The standard InChI is InChI=1S/C19H23ClN4O2S/c20-14-7-4-8-15(9-14)22-18(26)24-19-23-16(12-27-19)10-17(25)21-11-13-5-2-1-3-6-13/h4,7-9,12-13H,1-3,5-6,10-11H2,(H,21,25)(H2,22,23,24,26). The maximum atomic E-state index is 12.1. The molecule has 2 aromatic rings. The van der Waals surface area contributed by atoms with Gasteiger partial charge in [-0.05, 0) is 37.0 Å². The topological polar surface area (TPSA) is 83.1 Å². The van der Waals surface area contributed by atoms with Gasteiger partial charge in [-0.15, -0.1) is 11.3 Å². The number of thiazole rings is 1. The van der Waals surface area contributed by atoms with E-state index in [0.717, 1.165) is 6.54 Å². The zero-order chi connectivity index (χ0) is 19.1. The van der Waals surface area contributed by atoms with Crippen molar-refractivity contribution < 1.29 is 9.59 Å². The van der Waals surface area contributed by atoms with Crippen molar-refractivity contribution in [2.75, 3.05) is 17.2 Å². The summed E-state index contributed by atoms with van der Waals surface area (Å²) in [5, 5.41) is 11.1. The molecule has 0 bridgehead atoms. The van der Waals surface area contributed by atoms with Crippen LogP contribution in [-0.4, -0.2) is 23.5 Å². The number of benzene rings is 1. The van der Waals surface area contributed by atoms with Crippen molar-refractivity contribution in [3.05, 3.63) is 40.4 Å². The molecule has 1 aliphatic rings. The van der Waals surface area contributed by atoms with Crippen molar-refractivity contribution in [1.82, 2.24) is 10.3 Å². The molecule has 144 valence electrons. The molecule has 3 amide bonds. The molecule has 0 atom stereocenters. The number of hydrogen-bond acceptors (Lipinski definition) is 4. The van der Waals surface area contributed by atoms with Crippen LogP contribution in [0.1, 0.15) is 37.8 Å². The molecule has 1 heterocycles. The van der Waals surface area contributed by atoms with Crippen molar-refractivity contribution in [2.24, 2.45) is 5.92 Å². The number of nitrogens with zero attached hydrogens (tertiary/aromatic N) is 1. The van der Waals surface area contributed by atoms with E-state index in [1.165, 1.54) is 43.4 Å². The first-order valence-electron chi connectivity index (χ1n) is 9.13. The number of amides is 3. The highest BCUT2D eigenvalue weighted by atomic mass is 35.5. The Morgan fingerprint density at radius 1 is 1.19 bits per heavy atom. The lowest BCUT2D eigenvalue weighted by molar-refractivity contribution is -0.120. The van der Waals surface area contributed by atoms with Gasteiger partial charge < -0.3 is 10.6 Å². The molecule has 3 N–H and O–H groups in total. The summed E-state index contributed by atoms with van der Waals surface area (Å²) in [5.41, 5.74) is 1.25. The molecule has 8 heteroatoms. The van der Waals surface area contributed by atoms with Crippen LogP contribution >= 0.6 is 22.9 Å². The molecule has 1 aromatic carbocycles. The number of nitrogens with one attached hydrogen (secondary N) is 3. The van der Waals surface area contributed by atoms with Gasteiger partial charge in [-0.2, -0.15) is 0 Å². The van der Waals surface area contributed by atoms with Gasteiger partial charge in [0.05, 0.1) is 12.1 Å². The van der Waals surface area contributed by atoms with E-state index in [4.69, 9.17) is 11.6 Å². The van der Waals surface area contributed by atoms with Gasteiger partial charge in [0.25, 0.3) is 0 Å². The zero-order valence-electron chi connectivity index (χ0n) is 15.0. The highest BCUT2D eigenvalue weighted by Gasteiger charge is 2.15. The molecule has 0 saturated heterocycles. The molecule has 3 rings (SSSR count). The summed E-state index contributed by atoms with van der Waals surface area (Å²) < 4.78 is 0. The van der Waals surface area contributed by atoms with Crippen molar-refractivity contribution in [3.8, 4) is 0 Å². The third-order valence-electron chi connectivity index (χ3n) is 4.51. The lowest BCUT2D eigenvalue weighted by Crippen LogP contribution is -2.31. The second kappa shape index (κ2) is 9.71. The number of anilines is 2. The van der Waals surface area contributed by atoms with E-state index in [1.54, 1.807) is 29.6 Å². The fraction of sp³-hybridized carbons (Fsp3) is 0.421. The summed E-state index contributed by atoms with van der Waals surface area (Å²) in [6, 6.07) is 6.49. The molecule has 0 spiro atoms. The fourth-order valence-electron chi connectivity index (χ4n) is 3.15. The van der Waals surface area contributed by atoms with Gasteiger partial charge in [0, 0.05) is 22.6 Å². The Hall–Kier alpha value is -2.12. The molecule has 0 aliphatic heterocycles. The Kier molecular flexibility index (Phi) is 7.06. The maximum Gasteiger partial charge on any atom is 0.325 e. The number of aromatic nitrogens is 1. The van der Waals surface area contributed by atoms with Crippen molar-refractivity contribution in [2.45, 2.75) is 38.5 Å². The van der Waals surface area contributed by atoms with E-state index in [-0.39, 0.29) is 12.3 Å². The van der Waals surface area contributed by atoms with E-state index >= 15 is 0 Å². The molecule has 0 radical (unpaired) electrons. The third-order valence-corrected chi connectivity index (χ3v) is 5.55. The van der Waals surface area contributed by atoms with Crippen LogP contribution in [0.15, 0.2) is 29.6 Å². The summed E-state index contributed by atoms with van der Waals surface area (Å²) in [7, 11) is 0. The molecular weight excluding hydrogens is 384 g/mol. The van der Waals surface area contributed by atoms with Gasteiger partial charge in [0.15, 0.2) is 5.13 Å². The number of urea groups is 1. The smallest absolute Gasteiger partial charge is 0.325 e. The number of hydrogen-bond donors (Lipinski definition) is 3. The Morgan fingerprint density at radius 3 is 2.78 bits per heavy atom. The molecule has 0 unspecified atom stereocenters. The van der Waals surface area contributed by atoms with Gasteiger partial charge in [0.2, 0.25) is 5.91 Å². The summed E-state index contributed by atoms with van der Waals surface area (Å²) in [4.78, 5) is 28.4. The van der Waals surface area contributed by atoms with Crippen LogP contribution < -0.4 is 16.0 Å². The van der Waals surface area contributed by atoms with Gasteiger partial charge in [-0.1, -0.05) is 36.9 Å². The summed E-state index contributed by atoms with van der Waals surface area (Å²) in [6.45, 7) is 0.746. The van der Waals surface area contributed by atoms with E-state index < -0.39 is 6.03 Å². The molecule has 1 fully saturated rings. The van der Waals surface area contributed by atoms with Gasteiger partial charge in [0.1, 0.15) is 0 Å². The quantitative estimate of drug-likeness (QED) is 0.651. The van der Waals surface area contributed by atoms with Crippen LogP contribution in [0.3, 0.4) is 0 Å². The predicted octanol–water partition coefficient (Wildman–Crippen LogP) is 4.68. The van der Waals surface area contributed by atoms with E-state index in [1.807, 2.05) is 0 Å². The molecule has 1 aromatic heterocycles. The highest BCUT2D eigenvalue weighted by molar-refractivity contribution is 7.14. The first kappa shape index (κ1) is 19.6. The van der Waals surface area contributed by atoms with Gasteiger partial charge >= 0.3 is 6.03 Å². The minimum absolute atomic E-state index is 0.0270. The molecule has 27 heavy (non-hydrogen) atoms. The Bertz CT molecular complexity index is 790. The van der Waals surface area contributed by atoms with Crippen molar-refractivity contribution in [3.63, 3.8) is 0 Å². The average molecular weight is 407 g/mol. The van der Waals surface area contributed by atoms with Crippen LogP contribution in [0.4, 0.5) is 15.6 Å². The van der Waals surface area contributed by atoms with Crippen LogP contribution in [0.5, 0.6) is 0 Å². The second-order valence-corrected chi connectivity index (χ2v) is 8.01. The van der Waals surface area contributed by atoms with Crippen LogP contribution in [-0.2, 0) is 11.2 Å². The lowest BCUT2D eigenvalue weighted by atomic mass is 9.89. The van der Waals surface area contributed by atoms with Crippen molar-refractivity contribution in [1.29, 1.82) is 0 Å². The minimum Gasteiger partial charge on any atom is -0.355 e. The van der Waals surface area contributed by atoms with E-state index in [2.05, 4.69) is 20.9 Å². The normalized spacial score (nSPS) is 14.6. The number of carbonyl (C=O) groups is 2. The largest absolute Gasteiger partial charge is 0.355 e. The van der Waals surface area contributed by atoms with Crippen molar-refractivity contribution >= 4 is 45.7 Å². The molecule has 6 nitrogen and oxygen atoms in total. The van der Waals surface area contributed by atoms with E-state index in [0.29, 0.717) is 27.5 Å². The molecule has 1 saturated carbocycles. The van der Waals surface area contributed by atoms with Crippen LogP contribution in [0.25, 0.3) is 0 Å². The van der Waals surface area contributed by atoms with Crippen LogP contribution in [0.2, 0.25) is 5.02 Å². The summed E-state index contributed by atoms with van der Waals surface area (Å²) in [5.74, 6) is 0.575. The summed E-state index contributed by atoms with van der Waals surface area (Å²) >= 11 is 7.19.